The Morgan fingerprint density at radius 3 is 2.70 bits per heavy atom. The molecule has 33 heavy (non-hydrogen) atoms. The minimum absolute atomic E-state index is 0.00774. The van der Waals surface area contributed by atoms with Gasteiger partial charge in [-0.1, -0.05) is 6.07 Å². The highest BCUT2D eigenvalue weighted by Gasteiger charge is 2.32. The van der Waals surface area contributed by atoms with Crippen LogP contribution in [0.1, 0.15) is 30.9 Å². The SMILES string of the molecule is CCOC(=O)[C@H]1CCCN(c2c(S(=O)(=O)c3ccc(C)c(C)c3)cnc3ccc(F)cc23)C1. The molecule has 0 N–H and O–H groups in total. The molecule has 0 amide bonds. The van der Waals surface area contributed by atoms with Gasteiger partial charge in [0.1, 0.15) is 10.7 Å². The van der Waals surface area contributed by atoms with Gasteiger partial charge in [-0.3, -0.25) is 9.78 Å². The van der Waals surface area contributed by atoms with E-state index >= 15 is 0 Å². The van der Waals surface area contributed by atoms with Crippen molar-refractivity contribution in [3.05, 3.63) is 59.5 Å². The standard InChI is InChI=1S/C25H27FN2O4S/c1-4-32-25(29)18-6-5-11-28(15-18)24-21-13-19(26)8-10-22(21)27-14-23(24)33(30,31)20-9-7-16(2)17(3)12-20/h7-10,12-14,18H,4-6,11,15H2,1-3H3/t18-/m0/s1. The summed E-state index contributed by atoms with van der Waals surface area (Å²) in [5.74, 6) is -1.16. The predicted molar refractivity (Wildman–Crippen MR) is 125 cm³/mol. The molecule has 1 saturated heterocycles. The van der Waals surface area contributed by atoms with Crippen LogP contribution >= 0.6 is 0 Å². The summed E-state index contributed by atoms with van der Waals surface area (Å²) < 4.78 is 47.0. The monoisotopic (exact) mass is 470 g/mol. The number of carbonyl (C=O) groups is 1. The maximum atomic E-state index is 14.3. The molecule has 0 spiro atoms. The van der Waals surface area contributed by atoms with Crippen LogP contribution in [0.3, 0.4) is 0 Å². The zero-order valence-corrected chi connectivity index (χ0v) is 19.8. The number of ether oxygens (including phenoxy) is 1. The number of hydrogen-bond donors (Lipinski definition) is 0. The van der Waals surface area contributed by atoms with Gasteiger partial charge >= 0.3 is 5.97 Å². The Hall–Kier alpha value is -3.00. The number of nitrogens with zero attached hydrogens (tertiary/aromatic N) is 2. The predicted octanol–water partition coefficient (Wildman–Crippen LogP) is 4.60. The molecular weight excluding hydrogens is 443 g/mol. The number of aromatic nitrogens is 1. The Labute approximate surface area is 193 Å². The van der Waals surface area contributed by atoms with Gasteiger partial charge in [0.15, 0.2) is 0 Å². The molecule has 0 bridgehead atoms. The maximum Gasteiger partial charge on any atom is 0.310 e. The fourth-order valence-electron chi connectivity index (χ4n) is 4.30. The Bertz CT molecular complexity index is 1320. The van der Waals surface area contributed by atoms with Crippen molar-refractivity contribution in [2.24, 2.45) is 5.92 Å². The topological polar surface area (TPSA) is 76.6 Å². The Morgan fingerprint density at radius 1 is 1.18 bits per heavy atom. The minimum atomic E-state index is -3.95. The highest BCUT2D eigenvalue weighted by Crippen LogP contribution is 2.38. The molecule has 3 aromatic rings. The first-order valence-electron chi connectivity index (χ1n) is 11.0. The lowest BCUT2D eigenvalue weighted by atomic mass is 9.97. The zero-order chi connectivity index (χ0) is 23.8. The molecule has 4 rings (SSSR count). The van der Waals surface area contributed by atoms with Crippen LogP contribution in [0.2, 0.25) is 0 Å². The van der Waals surface area contributed by atoms with Crippen molar-refractivity contribution in [3.8, 4) is 0 Å². The van der Waals surface area contributed by atoms with Crippen molar-refractivity contribution in [3.63, 3.8) is 0 Å². The van der Waals surface area contributed by atoms with Crippen LogP contribution in [-0.4, -0.2) is 39.1 Å². The summed E-state index contributed by atoms with van der Waals surface area (Å²) in [6.07, 6.45) is 2.69. The normalized spacial score (nSPS) is 16.7. The highest BCUT2D eigenvalue weighted by atomic mass is 32.2. The number of carbonyl (C=O) groups excluding carboxylic acids is 1. The van der Waals surface area contributed by atoms with Crippen molar-refractivity contribution in [1.29, 1.82) is 0 Å². The second-order valence-electron chi connectivity index (χ2n) is 8.42. The van der Waals surface area contributed by atoms with Gasteiger partial charge in [0.25, 0.3) is 0 Å². The summed E-state index contributed by atoms with van der Waals surface area (Å²) in [5.41, 5.74) is 2.72. The fraction of sp³-hybridized carbons (Fsp3) is 0.360. The van der Waals surface area contributed by atoms with Gasteiger partial charge in [-0.25, -0.2) is 12.8 Å². The maximum absolute atomic E-state index is 14.3. The largest absolute Gasteiger partial charge is 0.466 e. The molecule has 0 unspecified atom stereocenters. The van der Waals surface area contributed by atoms with Crippen LogP contribution in [0, 0.1) is 25.6 Å². The fourth-order valence-corrected chi connectivity index (χ4v) is 5.81. The Balaban J connectivity index is 1.90. The summed E-state index contributed by atoms with van der Waals surface area (Å²) in [6, 6.07) is 9.14. The molecule has 8 heteroatoms. The van der Waals surface area contributed by atoms with Gasteiger partial charge in [-0.05, 0) is 75.1 Å². The van der Waals surface area contributed by atoms with Crippen molar-refractivity contribution in [1.82, 2.24) is 4.98 Å². The van der Waals surface area contributed by atoms with Crippen LogP contribution in [-0.2, 0) is 19.4 Å². The third-order valence-electron chi connectivity index (χ3n) is 6.20. The zero-order valence-electron chi connectivity index (χ0n) is 19.0. The number of halogens is 1. The number of pyridine rings is 1. The van der Waals surface area contributed by atoms with Crippen molar-refractivity contribution < 1.29 is 22.3 Å². The van der Waals surface area contributed by atoms with Gasteiger partial charge in [0.05, 0.1) is 28.6 Å². The van der Waals surface area contributed by atoms with Gasteiger partial charge < -0.3 is 9.64 Å². The molecule has 1 fully saturated rings. The van der Waals surface area contributed by atoms with E-state index in [0.717, 1.165) is 11.1 Å². The van der Waals surface area contributed by atoms with Gasteiger partial charge in [0.2, 0.25) is 9.84 Å². The molecule has 2 heterocycles. The molecule has 0 aliphatic carbocycles. The summed E-state index contributed by atoms with van der Waals surface area (Å²) in [7, 11) is -3.95. The van der Waals surface area contributed by atoms with Crippen LogP contribution in [0.15, 0.2) is 52.4 Å². The second-order valence-corrected chi connectivity index (χ2v) is 10.3. The van der Waals surface area contributed by atoms with Crippen molar-refractivity contribution >= 4 is 32.4 Å². The van der Waals surface area contributed by atoms with E-state index in [2.05, 4.69) is 4.98 Å². The first-order valence-corrected chi connectivity index (χ1v) is 12.5. The number of aryl methyl sites for hydroxylation is 2. The summed E-state index contributed by atoms with van der Waals surface area (Å²) in [5, 5.41) is 0.407. The van der Waals surface area contributed by atoms with E-state index in [4.69, 9.17) is 4.74 Å². The molecule has 1 atom stereocenters. The number of sulfone groups is 1. The molecule has 0 saturated carbocycles. The molecule has 174 valence electrons. The van der Waals surface area contributed by atoms with E-state index in [0.29, 0.717) is 42.5 Å². The number of anilines is 1. The average molecular weight is 471 g/mol. The molecule has 6 nitrogen and oxygen atoms in total. The van der Waals surface area contributed by atoms with Gasteiger partial charge in [0, 0.05) is 24.7 Å². The lowest BCUT2D eigenvalue weighted by Gasteiger charge is -2.35. The molecule has 1 aliphatic heterocycles. The third-order valence-corrected chi connectivity index (χ3v) is 7.96. The van der Waals surface area contributed by atoms with E-state index in [1.165, 1.54) is 24.4 Å². The lowest BCUT2D eigenvalue weighted by molar-refractivity contribution is -0.148. The lowest BCUT2D eigenvalue weighted by Crippen LogP contribution is -2.40. The van der Waals surface area contributed by atoms with E-state index in [9.17, 15) is 17.6 Å². The molecular formula is C25H27FN2O4S. The van der Waals surface area contributed by atoms with Gasteiger partial charge in [-0.2, -0.15) is 0 Å². The second kappa shape index (κ2) is 9.09. The third kappa shape index (κ3) is 4.44. The van der Waals surface area contributed by atoms with E-state index < -0.39 is 15.7 Å². The molecule has 0 radical (unpaired) electrons. The first kappa shape index (κ1) is 23.2. The number of rotatable bonds is 5. The average Bonchev–Trinajstić information content (AvgIpc) is 2.80. The Kier molecular flexibility index (Phi) is 6.38. The summed E-state index contributed by atoms with van der Waals surface area (Å²) >= 11 is 0. The van der Waals surface area contributed by atoms with Crippen LogP contribution in [0.25, 0.3) is 10.9 Å². The summed E-state index contributed by atoms with van der Waals surface area (Å²) in [6.45, 7) is 6.65. The molecule has 1 aromatic heterocycles. The van der Waals surface area contributed by atoms with Crippen LogP contribution in [0.5, 0.6) is 0 Å². The van der Waals surface area contributed by atoms with Crippen LogP contribution in [0.4, 0.5) is 10.1 Å². The number of piperidine rings is 1. The van der Waals surface area contributed by atoms with Crippen molar-refractivity contribution in [2.75, 3.05) is 24.6 Å². The van der Waals surface area contributed by atoms with Crippen molar-refractivity contribution in [2.45, 2.75) is 43.4 Å². The first-order chi connectivity index (χ1) is 15.7. The van der Waals surface area contributed by atoms with E-state index in [1.54, 1.807) is 25.1 Å². The quantitative estimate of drug-likeness (QED) is 0.507. The van der Waals surface area contributed by atoms with E-state index in [-0.39, 0.29) is 28.3 Å². The minimum Gasteiger partial charge on any atom is -0.466 e. The number of esters is 1. The summed E-state index contributed by atoms with van der Waals surface area (Å²) in [4.78, 5) is 18.8. The molecule has 1 aliphatic rings. The number of hydrogen-bond acceptors (Lipinski definition) is 6. The Morgan fingerprint density at radius 2 is 1.97 bits per heavy atom. The van der Waals surface area contributed by atoms with E-state index in [1.807, 2.05) is 18.7 Å². The van der Waals surface area contributed by atoms with Crippen LogP contribution < -0.4 is 4.90 Å². The smallest absolute Gasteiger partial charge is 0.310 e. The van der Waals surface area contributed by atoms with Gasteiger partial charge in [-0.15, -0.1) is 0 Å². The highest BCUT2D eigenvalue weighted by molar-refractivity contribution is 7.91. The number of benzene rings is 2. The number of fused-ring (bicyclic) bond motifs is 1. The molecule has 2 aromatic carbocycles.